The minimum atomic E-state index is -0.295. The van der Waals surface area contributed by atoms with Crippen molar-refractivity contribution in [2.75, 3.05) is 13.2 Å². The summed E-state index contributed by atoms with van der Waals surface area (Å²) in [6, 6.07) is 19.5. The molecule has 0 spiro atoms. The van der Waals surface area contributed by atoms with Gasteiger partial charge in [-0.05, 0) is 11.1 Å². The van der Waals surface area contributed by atoms with Gasteiger partial charge in [0.1, 0.15) is 10.7 Å². The summed E-state index contributed by atoms with van der Waals surface area (Å²) < 4.78 is 0. The lowest BCUT2D eigenvalue weighted by molar-refractivity contribution is 0.296. The SMILES string of the molecule is OCC(N=Cc1ccccc1)SSC(CO)N=Cc1ccccc1. The van der Waals surface area contributed by atoms with Crippen LogP contribution in [0.4, 0.5) is 0 Å². The lowest BCUT2D eigenvalue weighted by atomic mass is 10.2. The molecule has 0 saturated heterocycles. The van der Waals surface area contributed by atoms with Crippen molar-refractivity contribution in [2.45, 2.75) is 10.7 Å². The van der Waals surface area contributed by atoms with Gasteiger partial charge in [0.15, 0.2) is 0 Å². The average molecular weight is 361 g/mol. The molecule has 2 N–H and O–H groups in total. The van der Waals surface area contributed by atoms with Crippen LogP contribution in [0.25, 0.3) is 0 Å². The summed E-state index contributed by atoms with van der Waals surface area (Å²) in [5.74, 6) is 0. The van der Waals surface area contributed by atoms with Gasteiger partial charge in [-0.15, -0.1) is 0 Å². The molecule has 2 aromatic rings. The predicted molar refractivity (Wildman–Crippen MR) is 105 cm³/mol. The second-order valence-corrected chi connectivity index (χ2v) is 7.47. The van der Waals surface area contributed by atoms with Crippen LogP contribution in [0.3, 0.4) is 0 Å². The van der Waals surface area contributed by atoms with Gasteiger partial charge in [-0.2, -0.15) is 0 Å². The Labute approximate surface area is 150 Å². The Morgan fingerprint density at radius 1 is 0.708 bits per heavy atom. The summed E-state index contributed by atoms with van der Waals surface area (Å²) >= 11 is 0. The van der Waals surface area contributed by atoms with Gasteiger partial charge in [0.2, 0.25) is 0 Å². The Morgan fingerprint density at radius 3 is 1.42 bits per heavy atom. The molecule has 0 aromatic heterocycles. The van der Waals surface area contributed by atoms with Gasteiger partial charge >= 0.3 is 0 Å². The van der Waals surface area contributed by atoms with Gasteiger partial charge < -0.3 is 10.2 Å². The molecule has 0 bridgehead atoms. The van der Waals surface area contributed by atoms with E-state index in [-0.39, 0.29) is 24.0 Å². The maximum Gasteiger partial charge on any atom is 0.128 e. The van der Waals surface area contributed by atoms with Crippen molar-refractivity contribution < 1.29 is 10.2 Å². The van der Waals surface area contributed by atoms with Crippen molar-refractivity contribution in [3.63, 3.8) is 0 Å². The minimum Gasteiger partial charge on any atom is -0.393 e. The Hall–Kier alpha value is -1.60. The number of rotatable bonds is 9. The first-order valence-electron chi connectivity index (χ1n) is 7.52. The van der Waals surface area contributed by atoms with E-state index in [2.05, 4.69) is 9.98 Å². The predicted octanol–water partition coefficient (Wildman–Crippen LogP) is 3.24. The Kier molecular flexibility index (Phi) is 8.62. The summed E-state index contributed by atoms with van der Waals surface area (Å²) in [6.07, 6.45) is 3.49. The fraction of sp³-hybridized carbons (Fsp3) is 0.222. The van der Waals surface area contributed by atoms with Crippen LogP contribution in [0.5, 0.6) is 0 Å². The molecular formula is C18H20N2O2S2. The third-order valence-corrected chi connectivity index (χ3v) is 5.73. The Balaban J connectivity index is 1.86. The van der Waals surface area contributed by atoms with E-state index in [0.717, 1.165) is 11.1 Å². The molecule has 0 aliphatic carbocycles. The van der Waals surface area contributed by atoms with Crippen LogP contribution in [0.2, 0.25) is 0 Å². The zero-order chi connectivity index (χ0) is 17.0. The summed E-state index contributed by atoms with van der Waals surface area (Å²) in [5.41, 5.74) is 1.98. The Morgan fingerprint density at radius 2 is 1.08 bits per heavy atom. The van der Waals surface area contributed by atoms with Crippen LogP contribution in [0.1, 0.15) is 11.1 Å². The van der Waals surface area contributed by atoms with Crippen molar-refractivity contribution in [3.8, 4) is 0 Å². The van der Waals surface area contributed by atoms with E-state index in [4.69, 9.17) is 0 Å². The molecule has 2 aromatic carbocycles. The zero-order valence-electron chi connectivity index (χ0n) is 13.1. The van der Waals surface area contributed by atoms with Crippen LogP contribution >= 0.6 is 21.6 Å². The Bertz CT molecular complexity index is 578. The van der Waals surface area contributed by atoms with Gasteiger partial charge in [-0.25, -0.2) is 0 Å². The lowest BCUT2D eigenvalue weighted by Crippen LogP contribution is -2.08. The summed E-state index contributed by atoms with van der Waals surface area (Å²) in [5, 5.41) is 18.3. The van der Waals surface area contributed by atoms with Gasteiger partial charge in [0.25, 0.3) is 0 Å². The molecule has 126 valence electrons. The maximum absolute atomic E-state index is 9.45. The summed E-state index contributed by atoms with van der Waals surface area (Å²) in [7, 11) is 2.81. The standard InChI is InChI=1S/C18H20N2O2S2/c21-13-17(19-11-15-7-3-1-4-8-15)23-24-18(14-22)20-12-16-9-5-2-6-10-16/h1-12,17-18,21-22H,13-14H2. The highest BCUT2D eigenvalue weighted by molar-refractivity contribution is 8.77. The van der Waals surface area contributed by atoms with Crippen molar-refractivity contribution in [2.24, 2.45) is 9.98 Å². The van der Waals surface area contributed by atoms with Crippen LogP contribution in [0, 0.1) is 0 Å². The molecular weight excluding hydrogens is 340 g/mol. The quantitative estimate of drug-likeness (QED) is 0.532. The van der Waals surface area contributed by atoms with Crippen LogP contribution < -0.4 is 0 Å². The van der Waals surface area contributed by atoms with Crippen molar-refractivity contribution in [1.82, 2.24) is 0 Å². The van der Waals surface area contributed by atoms with E-state index in [9.17, 15) is 10.2 Å². The maximum atomic E-state index is 9.45. The van der Waals surface area contributed by atoms with Crippen LogP contribution in [-0.2, 0) is 0 Å². The number of hydrogen-bond acceptors (Lipinski definition) is 6. The van der Waals surface area contributed by atoms with Gasteiger partial charge in [0.05, 0.1) is 13.2 Å². The highest BCUT2D eigenvalue weighted by Gasteiger charge is 2.11. The average Bonchev–Trinajstić information content (AvgIpc) is 2.65. The molecule has 2 rings (SSSR count). The summed E-state index contributed by atoms with van der Waals surface area (Å²) in [6.45, 7) is -0.136. The van der Waals surface area contributed by atoms with E-state index in [1.54, 1.807) is 12.4 Å². The number of nitrogens with zero attached hydrogens (tertiary/aromatic N) is 2. The fourth-order valence-electron chi connectivity index (χ4n) is 1.75. The number of benzene rings is 2. The topological polar surface area (TPSA) is 65.2 Å². The molecule has 0 fully saturated rings. The van der Waals surface area contributed by atoms with Gasteiger partial charge in [-0.3, -0.25) is 9.98 Å². The highest BCUT2D eigenvalue weighted by atomic mass is 33.1. The molecule has 6 heteroatoms. The lowest BCUT2D eigenvalue weighted by Gasteiger charge is -2.12. The molecule has 0 aliphatic rings. The normalized spacial score (nSPS) is 14.2. The van der Waals surface area contributed by atoms with E-state index >= 15 is 0 Å². The van der Waals surface area contributed by atoms with Gasteiger partial charge in [-0.1, -0.05) is 82.3 Å². The smallest absolute Gasteiger partial charge is 0.128 e. The molecule has 0 radical (unpaired) electrons. The van der Waals surface area contributed by atoms with Gasteiger partial charge in [0, 0.05) is 12.4 Å². The van der Waals surface area contributed by atoms with E-state index in [1.807, 2.05) is 60.7 Å². The van der Waals surface area contributed by atoms with Crippen molar-refractivity contribution >= 4 is 34.0 Å². The molecule has 0 amide bonds. The number of hydrogen-bond donors (Lipinski definition) is 2. The number of aliphatic imine (C=N–C) groups is 2. The monoisotopic (exact) mass is 360 g/mol. The molecule has 0 aliphatic heterocycles. The first kappa shape index (κ1) is 18.7. The molecule has 2 unspecified atom stereocenters. The minimum absolute atomic E-state index is 0.0679. The third-order valence-electron chi connectivity index (χ3n) is 2.97. The zero-order valence-corrected chi connectivity index (χ0v) is 14.7. The molecule has 24 heavy (non-hydrogen) atoms. The van der Waals surface area contributed by atoms with E-state index in [0.29, 0.717) is 0 Å². The molecule has 4 nitrogen and oxygen atoms in total. The van der Waals surface area contributed by atoms with Crippen LogP contribution in [0.15, 0.2) is 70.6 Å². The molecule has 2 atom stereocenters. The van der Waals surface area contributed by atoms with Crippen molar-refractivity contribution in [1.29, 1.82) is 0 Å². The fourth-order valence-corrected chi connectivity index (χ4v) is 3.78. The van der Waals surface area contributed by atoms with Crippen molar-refractivity contribution in [3.05, 3.63) is 71.8 Å². The third kappa shape index (κ3) is 6.88. The highest BCUT2D eigenvalue weighted by Crippen LogP contribution is 2.32. The number of aliphatic hydroxyl groups is 2. The molecule has 0 heterocycles. The first-order chi connectivity index (χ1) is 11.8. The van der Waals surface area contributed by atoms with E-state index in [1.165, 1.54) is 21.6 Å². The van der Waals surface area contributed by atoms with E-state index < -0.39 is 0 Å². The second-order valence-electron chi connectivity index (χ2n) is 4.84. The summed E-state index contributed by atoms with van der Waals surface area (Å²) in [4.78, 5) is 8.74. The second kappa shape index (κ2) is 11.0. The largest absolute Gasteiger partial charge is 0.393 e. The van der Waals surface area contributed by atoms with Crippen LogP contribution in [-0.4, -0.2) is 46.6 Å². The molecule has 0 saturated carbocycles. The first-order valence-corrected chi connectivity index (χ1v) is 9.79. The number of aliphatic hydroxyl groups excluding tert-OH is 2.